The van der Waals surface area contributed by atoms with Crippen LogP contribution in [0.4, 0.5) is 0 Å². The van der Waals surface area contributed by atoms with E-state index in [2.05, 4.69) is 22.3 Å². The highest BCUT2D eigenvalue weighted by molar-refractivity contribution is 5.80. The van der Waals surface area contributed by atoms with Gasteiger partial charge in [0.1, 0.15) is 5.75 Å². The first-order valence-corrected chi connectivity index (χ1v) is 4.52. The Labute approximate surface area is 75.7 Å². The van der Waals surface area contributed by atoms with Crippen molar-refractivity contribution in [3.8, 4) is 5.75 Å². The van der Waals surface area contributed by atoms with Crippen molar-refractivity contribution < 1.29 is 4.74 Å². The topological polar surface area (TPSA) is 37.9 Å². The van der Waals surface area contributed by atoms with Crippen LogP contribution in [0.15, 0.2) is 18.3 Å². The van der Waals surface area contributed by atoms with E-state index in [9.17, 15) is 0 Å². The summed E-state index contributed by atoms with van der Waals surface area (Å²) in [4.78, 5) is 0. The lowest BCUT2D eigenvalue weighted by Crippen LogP contribution is -2.07. The number of rotatable bonds is 0. The molecule has 1 aromatic heterocycles. The maximum absolute atomic E-state index is 5.56. The molecule has 1 aromatic carbocycles. The first-order valence-electron chi connectivity index (χ1n) is 4.52. The normalized spacial score (nSPS) is 15.4. The molecule has 1 N–H and O–H groups in total. The number of fused-ring (bicyclic) bond motifs is 2. The smallest absolute Gasteiger partial charge is 0.123 e. The molecule has 0 aliphatic carbocycles. The molecule has 1 aliphatic heterocycles. The quantitative estimate of drug-likeness (QED) is 0.662. The maximum Gasteiger partial charge on any atom is 0.123 e. The molecule has 3 heteroatoms. The largest absolute Gasteiger partial charge is 0.493 e. The van der Waals surface area contributed by atoms with Gasteiger partial charge in [-0.3, -0.25) is 5.10 Å². The molecule has 0 saturated heterocycles. The predicted molar refractivity (Wildman–Crippen MR) is 49.9 cm³/mol. The highest BCUT2D eigenvalue weighted by Gasteiger charge is 2.11. The first-order chi connectivity index (χ1) is 6.43. The maximum atomic E-state index is 5.56. The zero-order valence-corrected chi connectivity index (χ0v) is 7.21. The van der Waals surface area contributed by atoms with E-state index in [1.165, 1.54) is 5.56 Å². The fraction of sp³-hybridized carbons (Fsp3) is 0.300. The molecule has 0 saturated carbocycles. The van der Waals surface area contributed by atoms with Gasteiger partial charge < -0.3 is 4.74 Å². The van der Waals surface area contributed by atoms with Crippen molar-refractivity contribution in [2.45, 2.75) is 12.8 Å². The molecule has 0 spiro atoms. The van der Waals surface area contributed by atoms with Crippen LogP contribution in [0.5, 0.6) is 5.75 Å². The van der Waals surface area contributed by atoms with Crippen molar-refractivity contribution in [3.05, 3.63) is 23.9 Å². The summed E-state index contributed by atoms with van der Waals surface area (Å²) in [6.45, 7) is 0.844. The van der Waals surface area contributed by atoms with E-state index in [-0.39, 0.29) is 0 Å². The molecule has 13 heavy (non-hydrogen) atoms. The number of nitrogens with zero attached hydrogens (tertiary/aromatic N) is 1. The molecule has 0 unspecified atom stereocenters. The summed E-state index contributed by atoms with van der Waals surface area (Å²) < 4.78 is 5.56. The van der Waals surface area contributed by atoms with Crippen molar-refractivity contribution >= 4 is 10.9 Å². The zero-order valence-electron chi connectivity index (χ0n) is 7.21. The van der Waals surface area contributed by atoms with Gasteiger partial charge in [0, 0.05) is 5.39 Å². The van der Waals surface area contributed by atoms with Crippen LogP contribution >= 0.6 is 0 Å². The van der Waals surface area contributed by atoms with Crippen LogP contribution in [0.3, 0.4) is 0 Å². The van der Waals surface area contributed by atoms with Crippen LogP contribution in [0, 0.1) is 0 Å². The molecule has 2 heterocycles. The molecule has 3 rings (SSSR count). The monoisotopic (exact) mass is 174 g/mol. The number of nitrogens with one attached hydrogen (secondary N) is 1. The Morgan fingerprint density at radius 3 is 3.38 bits per heavy atom. The summed E-state index contributed by atoms with van der Waals surface area (Å²) in [6, 6.07) is 4.20. The van der Waals surface area contributed by atoms with E-state index in [0.29, 0.717) is 0 Å². The van der Waals surface area contributed by atoms with Crippen LogP contribution in [0.25, 0.3) is 10.9 Å². The average molecular weight is 174 g/mol. The summed E-state index contributed by atoms with van der Waals surface area (Å²) in [5, 5.41) is 8.08. The summed E-state index contributed by atoms with van der Waals surface area (Å²) >= 11 is 0. The Morgan fingerprint density at radius 1 is 1.38 bits per heavy atom. The van der Waals surface area contributed by atoms with E-state index in [1.54, 1.807) is 0 Å². The van der Waals surface area contributed by atoms with Gasteiger partial charge in [0.15, 0.2) is 0 Å². The Balaban J connectivity index is 2.28. The molecular formula is C10H10N2O. The Morgan fingerprint density at radius 2 is 2.38 bits per heavy atom. The molecule has 3 nitrogen and oxygen atoms in total. The predicted octanol–water partition coefficient (Wildman–Crippen LogP) is 1.89. The van der Waals surface area contributed by atoms with Gasteiger partial charge in [0.05, 0.1) is 18.3 Å². The summed E-state index contributed by atoms with van der Waals surface area (Å²) in [5.41, 5.74) is 2.40. The highest BCUT2D eigenvalue weighted by atomic mass is 16.5. The Bertz CT molecular complexity index is 407. The van der Waals surface area contributed by atoms with Gasteiger partial charge in [-0.25, -0.2) is 0 Å². The van der Waals surface area contributed by atoms with E-state index in [1.807, 2.05) is 6.20 Å². The fourth-order valence-corrected chi connectivity index (χ4v) is 1.79. The van der Waals surface area contributed by atoms with Crippen LogP contribution in [-0.4, -0.2) is 16.8 Å². The van der Waals surface area contributed by atoms with E-state index in [4.69, 9.17) is 4.74 Å². The molecule has 1 aliphatic rings. The van der Waals surface area contributed by atoms with E-state index < -0.39 is 0 Å². The van der Waals surface area contributed by atoms with Crippen molar-refractivity contribution in [2.24, 2.45) is 0 Å². The Kier molecular flexibility index (Phi) is 1.33. The van der Waals surface area contributed by atoms with Gasteiger partial charge in [0.2, 0.25) is 0 Å². The lowest BCUT2D eigenvalue weighted by Gasteiger charge is -2.16. The number of benzene rings is 1. The number of aryl methyl sites for hydroxylation is 1. The van der Waals surface area contributed by atoms with Gasteiger partial charge in [-0.1, -0.05) is 0 Å². The number of hydrogen-bond donors (Lipinski definition) is 1. The van der Waals surface area contributed by atoms with Gasteiger partial charge in [-0.15, -0.1) is 0 Å². The second kappa shape index (κ2) is 2.49. The second-order valence-corrected chi connectivity index (χ2v) is 3.37. The molecule has 0 atom stereocenters. The van der Waals surface area contributed by atoms with Crippen LogP contribution in [-0.2, 0) is 6.42 Å². The summed E-state index contributed by atoms with van der Waals surface area (Å²) in [7, 11) is 0. The van der Waals surface area contributed by atoms with Crippen molar-refractivity contribution in [1.82, 2.24) is 10.2 Å². The fourth-order valence-electron chi connectivity index (χ4n) is 1.79. The molecular weight excluding hydrogens is 164 g/mol. The average Bonchev–Trinajstić information content (AvgIpc) is 2.61. The van der Waals surface area contributed by atoms with Crippen LogP contribution in [0.2, 0.25) is 0 Å². The molecule has 0 amide bonds. The van der Waals surface area contributed by atoms with E-state index in [0.717, 1.165) is 36.1 Å². The molecule has 2 aromatic rings. The molecule has 0 radical (unpaired) electrons. The number of aromatic amines is 1. The minimum atomic E-state index is 0.844. The lowest BCUT2D eigenvalue weighted by atomic mass is 10.0. The molecule has 66 valence electrons. The van der Waals surface area contributed by atoms with Crippen molar-refractivity contribution in [2.75, 3.05) is 6.61 Å². The Hall–Kier alpha value is -1.51. The van der Waals surface area contributed by atoms with Crippen molar-refractivity contribution in [3.63, 3.8) is 0 Å². The third-order valence-corrected chi connectivity index (χ3v) is 2.47. The van der Waals surface area contributed by atoms with Gasteiger partial charge >= 0.3 is 0 Å². The number of aromatic nitrogens is 2. The summed E-state index contributed by atoms with van der Waals surface area (Å²) in [5.74, 6) is 1.03. The number of ether oxygens (including phenoxy) is 1. The van der Waals surface area contributed by atoms with E-state index >= 15 is 0 Å². The zero-order chi connectivity index (χ0) is 8.67. The summed E-state index contributed by atoms with van der Waals surface area (Å²) in [6.07, 6.45) is 4.06. The number of hydrogen-bond acceptors (Lipinski definition) is 2. The minimum Gasteiger partial charge on any atom is -0.493 e. The molecule has 0 fully saturated rings. The number of H-pyrrole nitrogens is 1. The minimum absolute atomic E-state index is 0.844. The van der Waals surface area contributed by atoms with Crippen LogP contribution in [0.1, 0.15) is 12.0 Å². The molecule has 0 bridgehead atoms. The first kappa shape index (κ1) is 6.95. The van der Waals surface area contributed by atoms with Crippen LogP contribution < -0.4 is 4.74 Å². The SMILES string of the molecule is c1n[nH]c2cc3c(cc12)OCCC3. The second-order valence-electron chi connectivity index (χ2n) is 3.37. The van der Waals surface area contributed by atoms with Crippen molar-refractivity contribution in [1.29, 1.82) is 0 Å². The lowest BCUT2D eigenvalue weighted by molar-refractivity contribution is 0.289. The standard InChI is InChI=1S/C10H10N2O/c1-2-7-4-9-8(6-11-12-9)5-10(7)13-3-1/h4-6H,1-3H2,(H,11,12). The highest BCUT2D eigenvalue weighted by Crippen LogP contribution is 2.28. The van der Waals surface area contributed by atoms with Gasteiger partial charge in [-0.05, 0) is 30.5 Å². The van der Waals surface area contributed by atoms with Gasteiger partial charge in [-0.2, -0.15) is 5.10 Å². The third kappa shape index (κ3) is 1.00. The van der Waals surface area contributed by atoms with Gasteiger partial charge in [0.25, 0.3) is 0 Å². The third-order valence-electron chi connectivity index (χ3n) is 2.47.